The Labute approximate surface area is 161 Å². The lowest BCUT2D eigenvalue weighted by molar-refractivity contribution is -0.137. The molecule has 2 rings (SSSR count). The van der Waals surface area contributed by atoms with Crippen LogP contribution in [0.2, 0.25) is 0 Å². The number of benzene rings is 2. The molecule has 7 heteroatoms. The van der Waals surface area contributed by atoms with Crippen LogP contribution < -0.4 is 10.1 Å². The standard InChI is InChI=1S/C20H22F3NO2S/c1-13-7-6-8-14(2)18(13)26-11-12-27-15(3)19(25)24-17-10-5-4-9-16(17)20(21,22)23/h4-10,15H,11-12H2,1-3H3,(H,24,25). The summed E-state index contributed by atoms with van der Waals surface area (Å²) in [5.74, 6) is 0.904. The molecule has 0 saturated heterocycles. The molecule has 1 unspecified atom stereocenters. The van der Waals surface area contributed by atoms with Crippen LogP contribution in [0.15, 0.2) is 42.5 Å². The monoisotopic (exact) mass is 397 g/mol. The van der Waals surface area contributed by atoms with Gasteiger partial charge in [-0.05, 0) is 44.0 Å². The number of aryl methyl sites for hydroxylation is 2. The summed E-state index contributed by atoms with van der Waals surface area (Å²) >= 11 is 1.33. The van der Waals surface area contributed by atoms with E-state index in [-0.39, 0.29) is 5.69 Å². The van der Waals surface area contributed by atoms with Gasteiger partial charge in [0.05, 0.1) is 23.1 Å². The number of halogens is 3. The number of carbonyl (C=O) groups excluding carboxylic acids is 1. The van der Waals surface area contributed by atoms with Crippen molar-refractivity contribution in [2.75, 3.05) is 17.7 Å². The number of hydrogen-bond donors (Lipinski definition) is 1. The minimum absolute atomic E-state index is 0.228. The number of hydrogen-bond acceptors (Lipinski definition) is 3. The molecule has 2 aromatic carbocycles. The van der Waals surface area contributed by atoms with Gasteiger partial charge in [-0.1, -0.05) is 30.3 Å². The van der Waals surface area contributed by atoms with E-state index in [1.807, 2.05) is 32.0 Å². The Morgan fingerprint density at radius 2 is 1.74 bits per heavy atom. The minimum atomic E-state index is -4.51. The molecule has 0 aliphatic carbocycles. The second kappa shape index (κ2) is 9.17. The summed E-state index contributed by atoms with van der Waals surface area (Å²) < 4.78 is 44.8. The van der Waals surface area contributed by atoms with Crippen LogP contribution >= 0.6 is 11.8 Å². The molecular formula is C20H22F3NO2S. The predicted octanol–water partition coefficient (Wildman–Crippen LogP) is 5.46. The lowest BCUT2D eigenvalue weighted by Crippen LogP contribution is -2.25. The number of nitrogens with one attached hydrogen (secondary N) is 1. The first-order valence-electron chi connectivity index (χ1n) is 8.48. The fourth-order valence-corrected chi connectivity index (χ4v) is 3.29. The molecular weight excluding hydrogens is 375 g/mol. The van der Waals surface area contributed by atoms with Crippen molar-refractivity contribution in [2.45, 2.75) is 32.2 Å². The normalized spacial score (nSPS) is 12.5. The quantitative estimate of drug-likeness (QED) is 0.631. The summed E-state index contributed by atoms with van der Waals surface area (Å²) in [4.78, 5) is 12.2. The molecule has 0 spiro atoms. The van der Waals surface area contributed by atoms with Gasteiger partial charge in [0.15, 0.2) is 0 Å². The molecule has 3 nitrogen and oxygen atoms in total. The highest BCUT2D eigenvalue weighted by atomic mass is 32.2. The number of anilines is 1. The molecule has 0 aromatic heterocycles. The van der Waals surface area contributed by atoms with Gasteiger partial charge in [-0.25, -0.2) is 0 Å². The largest absolute Gasteiger partial charge is 0.492 e. The first kappa shape index (κ1) is 21.2. The topological polar surface area (TPSA) is 38.3 Å². The molecule has 1 amide bonds. The van der Waals surface area contributed by atoms with E-state index in [1.54, 1.807) is 6.92 Å². The third-order valence-corrected chi connectivity index (χ3v) is 5.08. The van der Waals surface area contributed by atoms with Crippen molar-refractivity contribution in [3.8, 4) is 5.75 Å². The Bertz CT molecular complexity index is 773. The van der Waals surface area contributed by atoms with Gasteiger partial charge < -0.3 is 10.1 Å². The smallest absolute Gasteiger partial charge is 0.418 e. The van der Waals surface area contributed by atoms with E-state index < -0.39 is 22.9 Å². The van der Waals surface area contributed by atoms with E-state index in [1.165, 1.54) is 30.0 Å². The number of ether oxygens (including phenoxy) is 1. The molecule has 0 radical (unpaired) electrons. The van der Waals surface area contributed by atoms with Crippen molar-refractivity contribution in [2.24, 2.45) is 0 Å². The molecule has 1 N–H and O–H groups in total. The number of rotatable bonds is 7. The minimum Gasteiger partial charge on any atom is -0.492 e. The Hall–Kier alpha value is -2.15. The van der Waals surface area contributed by atoms with Gasteiger partial charge in [0.25, 0.3) is 0 Å². The summed E-state index contributed by atoms with van der Waals surface area (Å²) in [6.07, 6.45) is -4.51. The van der Waals surface area contributed by atoms with Crippen molar-refractivity contribution in [3.05, 3.63) is 59.2 Å². The maximum Gasteiger partial charge on any atom is 0.418 e. The van der Waals surface area contributed by atoms with Gasteiger partial charge in [0.1, 0.15) is 5.75 Å². The van der Waals surface area contributed by atoms with Crippen molar-refractivity contribution in [1.82, 2.24) is 0 Å². The van der Waals surface area contributed by atoms with Gasteiger partial charge in [-0.2, -0.15) is 13.2 Å². The first-order valence-corrected chi connectivity index (χ1v) is 9.52. The highest BCUT2D eigenvalue weighted by molar-refractivity contribution is 8.00. The van der Waals surface area contributed by atoms with E-state index in [0.717, 1.165) is 22.9 Å². The van der Waals surface area contributed by atoms with Crippen molar-refractivity contribution in [1.29, 1.82) is 0 Å². The van der Waals surface area contributed by atoms with E-state index in [2.05, 4.69) is 5.32 Å². The van der Waals surface area contributed by atoms with Crippen LogP contribution in [-0.2, 0) is 11.0 Å². The molecule has 146 valence electrons. The zero-order chi connectivity index (χ0) is 20.0. The second-order valence-electron chi connectivity index (χ2n) is 6.12. The summed E-state index contributed by atoms with van der Waals surface area (Å²) in [6.45, 7) is 6.00. The van der Waals surface area contributed by atoms with E-state index >= 15 is 0 Å². The first-order chi connectivity index (χ1) is 12.7. The molecule has 0 aliphatic heterocycles. The van der Waals surface area contributed by atoms with Gasteiger partial charge in [0, 0.05) is 5.75 Å². The fourth-order valence-electron chi connectivity index (χ4n) is 2.54. The van der Waals surface area contributed by atoms with Crippen molar-refractivity contribution >= 4 is 23.4 Å². The van der Waals surface area contributed by atoms with Crippen LogP contribution in [0, 0.1) is 13.8 Å². The predicted molar refractivity (Wildman–Crippen MR) is 103 cm³/mol. The molecule has 1 atom stereocenters. The zero-order valence-electron chi connectivity index (χ0n) is 15.4. The van der Waals surface area contributed by atoms with E-state index in [0.29, 0.717) is 12.4 Å². The summed E-state index contributed by atoms with van der Waals surface area (Å²) in [6, 6.07) is 10.8. The van der Waals surface area contributed by atoms with Gasteiger partial charge in [-0.15, -0.1) is 11.8 Å². The highest BCUT2D eigenvalue weighted by Gasteiger charge is 2.33. The third kappa shape index (κ3) is 5.92. The van der Waals surface area contributed by atoms with Crippen molar-refractivity contribution < 1.29 is 22.7 Å². The highest BCUT2D eigenvalue weighted by Crippen LogP contribution is 2.34. The molecule has 0 saturated carbocycles. The molecule has 0 aliphatic rings. The van der Waals surface area contributed by atoms with E-state index in [9.17, 15) is 18.0 Å². The summed E-state index contributed by atoms with van der Waals surface area (Å²) in [7, 11) is 0. The van der Waals surface area contributed by atoms with Gasteiger partial charge in [-0.3, -0.25) is 4.79 Å². The molecule has 2 aromatic rings. The van der Waals surface area contributed by atoms with Crippen LogP contribution in [0.4, 0.5) is 18.9 Å². The third-order valence-electron chi connectivity index (χ3n) is 3.97. The summed E-state index contributed by atoms with van der Waals surface area (Å²) in [5, 5.41) is 1.87. The molecule has 27 heavy (non-hydrogen) atoms. The second-order valence-corrected chi connectivity index (χ2v) is 7.56. The number of carbonyl (C=O) groups is 1. The Balaban J connectivity index is 1.86. The molecule has 0 fully saturated rings. The van der Waals surface area contributed by atoms with Crippen LogP contribution in [0.1, 0.15) is 23.6 Å². The SMILES string of the molecule is Cc1cccc(C)c1OCCSC(C)C(=O)Nc1ccccc1C(F)(F)F. The van der Waals surface area contributed by atoms with Crippen LogP contribution in [0.5, 0.6) is 5.75 Å². The molecule has 0 heterocycles. The number of para-hydroxylation sites is 2. The van der Waals surface area contributed by atoms with Crippen LogP contribution in [0.25, 0.3) is 0 Å². The summed E-state index contributed by atoms with van der Waals surface area (Å²) in [5.41, 5.74) is 0.993. The Morgan fingerprint density at radius 1 is 1.11 bits per heavy atom. The molecule has 0 bridgehead atoms. The van der Waals surface area contributed by atoms with E-state index in [4.69, 9.17) is 4.74 Å². The average molecular weight is 397 g/mol. The maximum atomic E-state index is 13.0. The Morgan fingerprint density at radius 3 is 2.37 bits per heavy atom. The fraction of sp³-hybridized carbons (Fsp3) is 0.350. The number of thioether (sulfide) groups is 1. The lowest BCUT2D eigenvalue weighted by atomic mass is 10.1. The number of amides is 1. The van der Waals surface area contributed by atoms with Crippen LogP contribution in [0.3, 0.4) is 0 Å². The van der Waals surface area contributed by atoms with Crippen LogP contribution in [-0.4, -0.2) is 23.5 Å². The Kier molecular flexibility index (Phi) is 7.18. The zero-order valence-corrected chi connectivity index (χ0v) is 16.2. The van der Waals surface area contributed by atoms with Gasteiger partial charge in [0.2, 0.25) is 5.91 Å². The number of alkyl halides is 3. The maximum absolute atomic E-state index is 13.0. The average Bonchev–Trinajstić information content (AvgIpc) is 2.60. The van der Waals surface area contributed by atoms with Crippen molar-refractivity contribution in [3.63, 3.8) is 0 Å². The van der Waals surface area contributed by atoms with Gasteiger partial charge >= 0.3 is 6.18 Å². The lowest BCUT2D eigenvalue weighted by Gasteiger charge is -2.16.